The number of benzene rings is 1. The van der Waals surface area contributed by atoms with Crippen molar-refractivity contribution in [3.05, 3.63) is 35.9 Å². The van der Waals surface area contributed by atoms with Crippen LogP contribution in [-0.4, -0.2) is 23.9 Å². The quantitative estimate of drug-likeness (QED) is 0.863. The first kappa shape index (κ1) is 11.2. The van der Waals surface area contributed by atoms with Crippen molar-refractivity contribution < 1.29 is 9.84 Å². The molecule has 1 aromatic carbocycles. The average Bonchev–Trinajstić information content (AvgIpc) is 2.97. The third-order valence-electron chi connectivity index (χ3n) is 4.41. The van der Waals surface area contributed by atoms with Crippen molar-refractivity contribution in [3.63, 3.8) is 0 Å². The van der Waals surface area contributed by atoms with Crippen molar-refractivity contribution in [2.75, 3.05) is 6.61 Å². The highest BCUT2D eigenvalue weighted by atomic mass is 16.5. The van der Waals surface area contributed by atoms with E-state index in [1.54, 1.807) is 0 Å². The van der Waals surface area contributed by atoms with Crippen LogP contribution in [0.2, 0.25) is 0 Å². The first-order valence-corrected chi connectivity index (χ1v) is 6.68. The molecule has 2 heterocycles. The first-order chi connectivity index (χ1) is 8.38. The summed E-state index contributed by atoms with van der Waals surface area (Å²) in [6.07, 6.45) is 5.36. The van der Waals surface area contributed by atoms with Crippen molar-refractivity contribution in [1.29, 1.82) is 0 Å². The molecule has 2 saturated heterocycles. The number of hydrogen-bond donors (Lipinski definition) is 1. The number of aryl methyl sites for hydroxylation is 1. The minimum Gasteiger partial charge on any atom is -0.396 e. The molecule has 92 valence electrons. The SMILES string of the molecule is OC[C@@H]1[C@H](CCc2ccccc2)[C@@H]2CC[C@@H]1O2. The second kappa shape index (κ2) is 4.79. The largest absolute Gasteiger partial charge is 0.396 e. The van der Waals surface area contributed by atoms with Crippen LogP contribution in [0, 0.1) is 11.8 Å². The van der Waals surface area contributed by atoms with E-state index in [1.165, 1.54) is 12.0 Å². The fraction of sp³-hybridized carbons (Fsp3) is 0.600. The fourth-order valence-corrected chi connectivity index (χ4v) is 3.50. The molecule has 0 amide bonds. The molecule has 1 N–H and O–H groups in total. The lowest BCUT2D eigenvalue weighted by atomic mass is 9.77. The van der Waals surface area contributed by atoms with E-state index in [1.807, 2.05) is 0 Å². The van der Waals surface area contributed by atoms with Crippen molar-refractivity contribution in [1.82, 2.24) is 0 Å². The standard InChI is InChI=1S/C15H20O2/c16-10-13-12(14-8-9-15(13)17-14)7-6-11-4-2-1-3-5-11/h1-5,12-16H,6-10H2/t12-,13+,14-,15-/m0/s1. The van der Waals surface area contributed by atoms with E-state index in [0.717, 1.165) is 19.3 Å². The highest BCUT2D eigenvalue weighted by Crippen LogP contribution is 2.45. The van der Waals surface area contributed by atoms with E-state index in [2.05, 4.69) is 30.3 Å². The molecule has 0 saturated carbocycles. The molecular weight excluding hydrogens is 212 g/mol. The lowest BCUT2D eigenvalue weighted by Crippen LogP contribution is -2.30. The van der Waals surface area contributed by atoms with Gasteiger partial charge in [-0.25, -0.2) is 0 Å². The Morgan fingerprint density at radius 1 is 1.06 bits per heavy atom. The zero-order chi connectivity index (χ0) is 11.7. The minimum absolute atomic E-state index is 0.292. The molecule has 2 fully saturated rings. The van der Waals surface area contributed by atoms with E-state index >= 15 is 0 Å². The first-order valence-electron chi connectivity index (χ1n) is 6.68. The Kier molecular flexibility index (Phi) is 3.17. The summed E-state index contributed by atoms with van der Waals surface area (Å²) in [5, 5.41) is 9.48. The lowest BCUT2D eigenvalue weighted by Gasteiger charge is -2.26. The van der Waals surface area contributed by atoms with Gasteiger partial charge in [-0.15, -0.1) is 0 Å². The molecule has 17 heavy (non-hydrogen) atoms. The molecule has 2 bridgehead atoms. The van der Waals surface area contributed by atoms with Gasteiger partial charge in [0, 0.05) is 12.5 Å². The van der Waals surface area contributed by atoms with Crippen LogP contribution in [0.15, 0.2) is 30.3 Å². The smallest absolute Gasteiger partial charge is 0.0633 e. The summed E-state index contributed by atoms with van der Waals surface area (Å²) >= 11 is 0. The summed E-state index contributed by atoms with van der Waals surface area (Å²) in [6, 6.07) is 10.6. The van der Waals surface area contributed by atoms with Crippen LogP contribution in [0.4, 0.5) is 0 Å². The van der Waals surface area contributed by atoms with Gasteiger partial charge in [0.05, 0.1) is 12.2 Å². The van der Waals surface area contributed by atoms with E-state index in [9.17, 15) is 5.11 Å². The van der Waals surface area contributed by atoms with Crippen LogP contribution < -0.4 is 0 Å². The molecule has 2 heteroatoms. The second-order valence-electron chi connectivity index (χ2n) is 5.32. The molecule has 2 aliphatic rings. The van der Waals surface area contributed by atoms with Crippen molar-refractivity contribution in [2.24, 2.45) is 11.8 Å². The molecule has 0 aliphatic carbocycles. The summed E-state index contributed by atoms with van der Waals surface area (Å²) in [5.74, 6) is 0.955. The summed E-state index contributed by atoms with van der Waals surface area (Å²) in [5.41, 5.74) is 1.40. The van der Waals surface area contributed by atoms with E-state index in [-0.39, 0.29) is 0 Å². The van der Waals surface area contributed by atoms with Gasteiger partial charge in [-0.3, -0.25) is 0 Å². The zero-order valence-corrected chi connectivity index (χ0v) is 10.1. The predicted octanol–water partition coefficient (Wildman–Crippen LogP) is 2.41. The molecule has 2 nitrogen and oxygen atoms in total. The number of aliphatic hydroxyl groups excluding tert-OH is 1. The van der Waals surface area contributed by atoms with Crippen LogP contribution in [0.1, 0.15) is 24.8 Å². The molecule has 3 rings (SSSR count). The molecule has 0 unspecified atom stereocenters. The van der Waals surface area contributed by atoms with Gasteiger partial charge >= 0.3 is 0 Å². The number of rotatable bonds is 4. The van der Waals surface area contributed by atoms with Crippen LogP contribution in [0.25, 0.3) is 0 Å². The molecule has 4 atom stereocenters. The monoisotopic (exact) mass is 232 g/mol. The Morgan fingerprint density at radius 2 is 1.76 bits per heavy atom. The van der Waals surface area contributed by atoms with Gasteiger partial charge in [0.25, 0.3) is 0 Å². The molecule has 1 aromatic rings. The van der Waals surface area contributed by atoms with Gasteiger partial charge in [0.1, 0.15) is 0 Å². The third kappa shape index (κ3) is 2.12. The maximum absolute atomic E-state index is 9.48. The molecule has 0 aromatic heterocycles. The van der Waals surface area contributed by atoms with Gasteiger partial charge < -0.3 is 9.84 Å². The lowest BCUT2D eigenvalue weighted by molar-refractivity contribution is 0.0785. The van der Waals surface area contributed by atoms with Crippen LogP contribution in [-0.2, 0) is 11.2 Å². The van der Waals surface area contributed by atoms with Crippen LogP contribution in [0.3, 0.4) is 0 Å². The number of hydrogen-bond acceptors (Lipinski definition) is 2. The average molecular weight is 232 g/mol. The molecule has 0 radical (unpaired) electrons. The Bertz CT molecular complexity index is 362. The highest BCUT2D eigenvalue weighted by Gasteiger charge is 2.47. The summed E-state index contributed by atoms with van der Waals surface area (Å²) in [6.45, 7) is 0.292. The summed E-state index contributed by atoms with van der Waals surface area (Å²) in [7, 11) is 0. The van der Waals surface area contributed by atoms with Gasteiger partial charge in [-0.1, -0.05) is 30.3 Å². The fourth-order valence-electron chi connectivity index (χ4n) is 3.50. The highest BCUT2D eigenvalue weighted by molar-refractivity contribution is 5.15. The Morgan fingerprint density at radius 3 is 2.47 bits per heavy atom. The van der Waals surface area contributed by atoms with E-state index in [4.69, 9.17) is 4.74 Å². The van der Waals surface area contributed by atoms with Gasteiger partial charge in [-0.05, 0) is 37.2 Å². The van der Waals surface area contributed by atoms with E-state index < -0.39 is 0 Å². The van der Waals surface area contributed by atoms with Gasteiger partial charge in [-0.2, -0.15) is 0 Å². The summed E-state index contributed by atoms with van der Waals surface area (Å²) in [4.78, 5) is 0. The topological polar surface area (TPSA) is 29.5 Å². The molecule has 2 aliphatic heterocycles. The van der Waals surface area contributed by atoms with Gasteiger partial charge in [0.2, 0.25) is 0 Å². The Hall–Kier alpha value is -0.860. The predicted molar refractivity (Wildman–Crippen MR) is 66.7 cm³/mol. The van der Waals surface area contributed by atoms with Crippen LogP contribution >= 0.6 is 0 Å². The minimum atomic E-state index is 0.292. The second-order valence-corrected chi connectivity index (χ2v) is 5.32. The molecule has 0 spiro atoms. The Balaban J connectivity index is 1.62. The van der Waals surface area contributed by atoms with Gasteiger partial charge in [0.15, 0.2) is 0 Å². The van der Waals surface area contributed by atoms with Crippen LogP contribution in [0.5, 0.6) is 0 Å². The molecular formula is C15H20O2. The third-order valence-corrected chi connectivity index (χ3v) is 4.41. The Labute approximate surface area is 103 Å². The van der Waals surface area contributed by atoms with Crippen molar-refractivity contribution >= 4 is 0 Å². The number of ether oxygens (including phenoxy) is 1. The maximum atomic E-state index is 9.48. The number of aliphatic hydroxyl groups is 1. The van der Waals surface area contributed by atoms with Crippen molar-refractivity contribution in [3.8, 4) is 0 Å². The summed E-state index contributed by atoms with van der Waals surface area (Å²) < 4.78 is 5.92. The zero-order valence-electron chi connectivity index (χ0n) is 10.1. The maximum Gasteiger partial charge on any atom is 0.0633 e. The van der Waals surface area contributed by atoms with E-state index in [0.29, 0.717) is 30.7 Å². The number of fused-ring (bicyclic) bond motifs is 2. The van der Waals surface area contributed by atoms with Crippen molar-refractivity contribution in [2.45, 2.75) is 37.9 Å². The normalized spacial score (nSPS) is 35.4.